The fraction of sp³-hybridized carbons (Fsp3) is 0.591. The molecule has 0 radical (unpaired) electrons. The first kappa shape index (κ1) is 27.1. The second-order valence-corrected chi connectivity index (χ2v) is 6.84. The molecule has 1 aliphatic carbocycles. The summed E-state index contributed by atoms with van der Waals surface area (Å²) < 4.78 is 0. The van der Waals surface area contributed by atoms with Crippen molar-refractivity contribution in [3.05, 3.63) is 50.8 Å². The van der Waals surface area contributed by atoms with Crippen molar-refractivity contribution in [1.29, 1.82) is 0 Å². The van der Waals surface area contributed by atoms with Crippen molar-refractivity contribution < 1.29 is 5.11 Å². The monoisotopic (exact) mass is 424 g/mol. The number of aliphatic hydroxyl groups is 1. The van der Waals surface area contributed by atoms with E-state index in [4.69, 9.17) is 16.7 Å². The van der Waals surface area contributed by atoms with Crippen LogP contribution in [0.1, 0.15) is 71.0 Å². The summed E-state index contributed by atoms with van der Waals surface area (Å²) in [6, 6.07) is 3.47. The number of hydrogen-bond acceptors (Lipinski definition) is 5. The molecule has 2 aromatic heterocycles. The molecule has 29 heavy (non-hydrogen) atoms. The number of aliphatic hydroxyl groups excluding tert-OH is 1. The highest BCUT2D eigenvalue weighted by Crippen LogP contribution is 2.26. The van der Waals surface area contributed by atoms with Gasteiger partial charge in [0.05, 0.1) is 0 Å². The fourth-order valence-corrected chi connectivity index (χ4v) is 3.34. The highest BCUT2D eigenvalue weighted by molar-refractivity contribution is 6.31. The number of nitrogens with zero attached hydrogens (tertiary/aromatic N) is 2. The minimum Gasteiger partial charge on any atom is -0.396 e. The third-order valence-corrected chi connectivity index (χ3v) is 4.61. The Balaban J connectivity index is 0.000000517. The van der Waals surface area contributed by atoms with Crippen LogP contribution in [0, 0.1) is 6.92 Å². The van der Waals surface area contributed by atoms with Gasteiger partial charge in [0.15, 0.2) is 0 Å². The second kappa shape index (κ2) is 15.0. The van der Waals surface area contributed by atoms with Crippen LogP contribution in [0.25, 0.3) is 0 Å². The maximum atomic E-state index is 11.2. The third-order valence-electron chi connectivity index (χ3n) is 4.26. The Bertz CT molecular complexity index is 759. The Morgan fingerprint density at radius 3 is 2.62 bits per heavy atom. The zero-order valence-corrected chi connectivity index (χ0v) is 18.1. The average molecular weight is 425 g/mol. The fourth-order valence-electron chi connectivity index (χ4n) is 3.08. The summed E-state index contributed by atoms with van der Waals surface area (Å²) in [5, 5.41) is 13.0. The highest BCUT2D eigenvalue weighted by Gasteiger charge is 2.13. The summed E-state index contributed by atoms with van der Waals surface area (Å²) in [5.41, 5.74) is 2.31. The molecule has 0 unspecified atom stereocenters. The minimum absolute atomic E-state index is 0. The molecular formula is C22H37ClN4O2. The van der Waals surface area contributed by atoms with Crippen LogP contribution >= 0.6 is 11.6 Å². The van der Waals surface area contributed by atoms with Gasteiger partial charge in [-0.1, -0.05) is 46.2 Å². The van der Waals surface area contributed by atoms with E-state index in [0.29, 0.717) is 18.1 Å². The molecule has 3 N–H and O–H groups in total. The first-order valence-electron chi connectivity index (χ1n) is 10.1. The first-order valence-corrected chi connectivity index (χ1v) is 10.5. The number of halogens is 1. The van der Waals surface area contributed by atoms with E-state index in [0.717, 1.165) is 30.7 Å². The Morgan fingerprint density at radius 2 is 2.03 bits per heavy atom. The van der Waals surface area contributed by atoms with Gasteiger partial charge in [0.2, 0.25) is 0 Å². The van der Waals surface area contributed by atoms with Crippen LogP contribution in [0.5, 0.6) is 0 Å². The van der Waals surface area contributed by atoms with E-state index in [2.05, 4.69) is 27.2 Å². The molecule has 0 aliphatic heterocycles. The van der Waals surface area contributed by atoms with Crippen LogP contribution in [0.3, 0.4) is 0 Å². The molecule has 3 rings (SSSR count). The molecule has 0 saturated heterocycles. The summed E-state index contributed by atoms with van der Waals surface area (Å²) >= 11 is 5.93. The molecule has 6 nitrogen and oxygen atoms in total. The molecule has 0 bridgehead atoms. The van der Waals surface area contributed by atoms with Gasteiger partial charge in [-0.2, -0.15) is 0 Å². The van der Waals surface area contributed by atoms with Crippen molar-refractivity contribution in [3.8, 4) is 0 Å². The van der Waals surface area contributed by atoms with Gasteiger partial charge in [0, 0.05) is 35.6 Å². The predicted octanol–water partition coefficient (Wildman–Crippen LogP) is 4.93. The molecule has 0 spiro atoms. The Morgan fingerprint density at radius 1 is 1.31 bits per heavy atom. The molecule has 0 saturated carbocycles. The van der Waals surface area contributed by atoms with Gasteiger partial charge in [-0.25, -0.2) is 4.98 Å². The number of hydrogen-bond donors (Lipinski definition) is 3. The molecule has 2 heterocycles. The standard InChI is InChI=1S/C11H19N3O2.C8H8ClN.C2H6.CH4/c1-3-4-9(5-6-15)14-10-7-11(16)13-8(2)12-10;9-7-4-5-10-8-3-1-2-6(7)8;1-2;/h7,9,15H,3-6H2,1-2H3,(H2,12,13,14,16);4-5H,1-3H2;1-2H3;1H4/t9-;;;/m0.../s1. The lowest BCUT2D eigenvalue weighted by atomic mass is 10.1. The largest absolute Gasteiger partial charge is 0.396 e. The number of fused-ring (bicyclic) bond motifs is 1. The van der Waals surface area contributed by atoms with Gasteiger partial charge in [0.1, 0.15) is 11.6 Å². The van der Waals surface area contributed by atoms with Gasteiger partial charge in [0.25, 0.3) is 5.56 Å². The normalized spacial score (nSPS) is 12.3. The Labute approximate surface area is 180 Å². The molecule has 7 heteroatoms. The highest BCUT2D eigenvalue weighted by atomic mass is 35.5. The smallest absolute Gasteiger partial charge is 0.252 e. The SMILES string of the molecule is C.CC.CCC[C@@H](CCO)Nc1cc(=O)[nH]c(C)n1.Clc1ccnc2c1CCC2. The van der Waals surface area contributed by atoms with Crippen molar-refractivity contribution in [2.45, 2.75) is 79.7 Å². The number of nitrogens with one attached hydrogen (secondary N) is 2. The van der Waals surface area contributed by atoms with Crippen molar-refractivity contribution in [2.24, 2.45) is 0 Å². The van der Waals surface area contributed by atoms with Crippen LogP contribution in [0.2, 0.25) is 5.02 Å². The number of aryl methyl sites for hydroxylation is 2. The maximum absolute atomic E-state index is 11.2. The number of aromatic nitrogens is 3. The molecule has 0 aromatic carbocycles. The quantitative estimate of drug-likeness (QED) is 0.611. The second-order valence-electron chi connectivity index (χ2n) is 6.43. The maximum Gasteiger partial charge on any atom is 0.252 e. The van der Waals surface area contributed by atoms with Crippen molar-refractivity contribution in [2.75, 3.05) is 11.9 Å². The minimum atomic E-state index is -0.158. The van der Waals surface area contributed by atoms with E-state index in [1.807, 2.05) is 19.9 Å². The first-order chi connectivity index (χ1) is 13.5. The zero-order valence-electron chi connectivity index (χ0n) is 17.4. The Hall–Kier alpha value is -1.92. The molecule has 0 amide bonds. The van der Waals surface area contributed by atoms with Crippen LogP contribution in [-0.2, 0) is 12.8 Å². The molecule has 0 fully saturated rings. The van der Waals surface area contributed by atoms with Crippen LogP contribution in [0.15, 0.2) is 23.1 Å². The van der Waals surface area contributed by atoms with E-state index in [1.54, 1.807) is 13.1 Å². The number of anilines is 1. The molecular weight excluding hydrogens is 388 g/mol. The van der Waals surface area contributed by atoms with E-state index < -0.39 is 0 Å². The Kier molecular flexibility index (Phi) is 14.0. The predicted molar refractivity (Wildman–Crippen MR) is 123 cm³/mol. The molecule has 164 valence electrons. The lowest BCUT2D eigenvalue weighted by Crippen LogP contribution is -2.23. The topological polar surface area (TPSA) is 90.9 Å². The van der Waals surface area contributed by atoms with Crippen molar-refractivity contribution in [3.63, 3.8) is 0 Å². The lowest BCUT2D eigenvalue weighted by Gasteiger charge is -2.17. The van der Waals surface area contributed by atoms with Gasteiger partial charge in [-0.3, -0.25) is 9.78 Å². The molecule has 1 atom stereocenters. The van der Waals surface area contributed by atoms with Crippen molar-refractivity contribution in [1.82, 2.24) is 15.0 Å². The average Bonchev–Trinajstić information content (AvgIpc) is 3.14. The van der Waals surface area contributed by atoms with E-state index in [-0.39, 0.29) is 25.6 Å². The summed E-state index contributed by atoms with van der Waals surface area (Å²) in [7, 11) is 0. The lowest BCUT2D eigenvalue weighted by molar-refractivity contribution is 0.276. The van der Waals surface area contributed by atoms with E-state index in [1.165, 1.54) is 23.7 Å². The van der Waals surface area contributed by atoms with Crippen molar-refractivity contribution >= 4 is 17.4 Å². The summed E-state index contributed by atoms with van der Waals surface area (Å²) in [4.78, 5) is 22.2. The third kappa shape index (κ3) is 9.41. The zero-order chi connectivity index (χ0) is 20.9. The van der Waals surface area contributed by atoms with E-state index >= 15 is 0 Å². The van der Waals surface area contributed by atoms with E-state index in [9.17, 15) is 4.79 Å². The number of aromatic amines is 1. The molecule has 2 aromatic rings. The molecule has 1 aliphatic rings. The van der Waals surface area contributed by atoms with Gasteiger partial charge < -0.3 is 15.4 Å². The van der Waals surface area contributed by atoms with Crippen LogP contribution < -0.4 is 10.9 Å². The summed E-state index contributed by atoms with van der Waals surface area (Å²) in [5.74, 6) is 1.17. The van der Waals surface area contributed by atoms with Crippen LogP contribution in [-0.4, -0.2) is 32.7 Å². The number of rotatable bonds is 6. The number of H-pyrrole nitrogens is 1. The van der Waals surface area contributed by atoms with Gasteiger partial charge >= 0.3 is 0 Å². The summed E-state index contributed by atoms with van der Waals surface area (Å²) in [6.07, 6.45) is 7.87. The van der Waals surface area contributed by atoms with Crippen LogP contribution in [0.4, 0.5) is 5.82 Å². The van der Waals surface area contributed by atoms with Gasteiger partial charge in [-0.15, -0.1) is 0 Å². The number of pyridine rings is 1. The van der Waals surface area contributed by atoms with Gasteiger partial charge in [-0.05, 0) is 50.7 Å². The summed E-state index contributed by atoms with van der Waals surface area (Å²) in [6.45, 7) is 7.97.